The van der Waals surface area contributed by atoms with E-state index in [0.717, 1.165) is 12.8 Å². The lowest BCUT2D eigenvalue weighted by atomic mass is 10.2. The highest BCUT2D eigenvalue weighted by Crippen LogP contribution is 2.32. The topological polar surface area (TPSA) is 69.4 Å². The highest BCUT2D eigenvalue weighted by Gasteiger charge is 2.26. The maximum atomic E-state index is 13.6. The van der Waals surface area contributed by atoms with Crippen LogP contribution in [0.4, 0.5) is 14.5 Å². The van der Waals surface area contributed by atoms with E-state index >= 15 is 0 Å². The second-order valence-electron chi connectivity index (χ2n) is 4.41. The molecule has 1 saturated carbocycles. The van der Waals surface area contributed by atoms with E-state index < -0.39 is 33.8 Å². The van der Waals surface area contributed by atoms with Gasteiger partial charge in [0, 0.05) is 0 Å². The molecule has 1 aromatic rings. The molecule has 5 nitrogen and oxygen atoms in total. The zero-order valence-corrected chi connectivity index (χ0v) is 9.90. The number of benzene rings is 1. The molecule has 7 heteroatoms. The third-order valence-electron chi connectivity index (χ3n) is 2.89. The first kappa shape index (κ1) is 13.4. The van der Waals surface area contributed by atoms with Crippen LogP contribution in [0.25, 0.3) is 0 Å². The van der Waals surface area contributed by atoms with Crippen LogP contribution < -0.4 is 0 Å². The Hall–Kier alpha value is -2.05. The first-order valence-corrected chi connectivity index (χ1v) is 5.79. The normalized spacial score (nSPS) is 14.2. The summed E-state index contributed by atoms with van der Waals surface area (Å²) in [6.45, 7) is 0.104. The Morgan fingerprint density at radius 2 is 2.11 bits per heavy atom. The van der Waals surface area contributed by atoms with Gasteiger partial charge < -0.3 is 4.74 Å². The Kier molecular flexibility index (Phi) is 3.73. The number of nitrogens with zero attached hydrogens (tertiary/aromatic N) is 1. The molecule has 0 amide bonds. The number of hydrogen-bond acceptors (Lipinski definition) is 4. The number of halogens is 2. The van der Waals surface area contributed by atoms with Crippen LogP contribution >= 0.6 is 0 Å². The number of ether oxygens (including phenoxy) is 1. The number of rotatable bonds is 5. The second-order valence-corrected chi connectivity index (χ2v) is 4.41. The van der Waals surface area contributed by atoms with E-state index in [9.17, 15) is 23.7 Å². The van der Waals surface area contributed by atoms with Gasteiger partial charge in [0.1, 0.15) is 11.4 Å². The van der Waals surface area contributed by atoms with Crippen molar-refractivity contribution in [3.8, 4) is 0 Å². The van der Waals surface area contributed by atoms with Crippen LogP contribution in [0.3, 0.4) is 0 Å². The van der Waals surface area contributed by atoms with Crippen LogP contribution in [0.5, 0.6) is 0 Å². The minimum Gasteiger partial charge on any atom is -0.462 e. The maximum absolute atomic E-state index is 13.6. The van der Waals surface area contributed by atoms with Crippen molar-refractivity contribution in [2.45, 2.75) is 19.3 Å². The van der Waals surface area contributed by atoms with E-state index in [4.69, 9.17) is 4.74 Å². The summed E-state index contributed by atoms with van der Waals surface area (Å²) in [5.41, 5.74) is -1.82. The van der Waals surface area contributed by atoms with Crippen molar-refractivity contribution in [1.82, 2.24) is 0 Å². The first-order chi connectivity index (χ1) is 8.99. The van der Waals surface area contributed by atoms with Crippen molar-refractivity contribution < 1.29 is 23.2 Å². The summed E-state index contributed by atoms with van der Waals surface area (Å²) in [5.74, 6) is -2.98. The Labute approximate surface area is 107 Å². The number of nitro groups is 1. The minimum atomic E-state index is -1.37. The molecule has 0 spiro atoms. The molecule has 1 fully saturated rings. The van der Waals surface area contributed by atoms with Crippen LogP contribution in [0.15, 0.2) is 12.1 Å². The highest BCUT2D eigenvalue weighted by atomic mass is 19.1. The molecule has 0 unspecified atom stereocenters. The lowest BCUT2D eigenvalue weighted by Crippen LogP contribution is -2.11. The number of esters is 1. The number of carbonyl (C=O) groups is 1. The van der Waals surface area contributed by atoms with Gasteiger partial charge in [-0.3, -0.25) is 10.1 Å². The van der Waals surface area contributed by atoms with E-state index in [1.165, 1.54) is 0 Å². The zero-order chi connectivity index (χ0) is 14.0. The molecule has 0 bridgehead atoms. The van der Waals surface area contributed by atoms with Crippen LogP contribution in [0.2, 0.25) is 0 Å². The van der Waals surface area contributed by atoms with Crippen molar-refractivity contribution in [2.75, 3.05) is 6.61 Å². The molecule has 0 N–H and O–H groups in total. The molecule has 1 aliphatic carbocycles. The molecule has 0 heterocycles. The predicted octanol–water partition coefficient (Wildman–Crippen LogP) is 2.83. The van der Waals surface area contributed by atoms with Gasteiger partial charge in [-0.25, -0.2) is 9.18 Å². The van der Waals surface area contributed by atoms with Crippen LogP contribution in [-0.2, 0) is 4.74 Å². The third-order valence-corrected chi connectivity index (χ3v) is 2.89. The summed E-state index contributed by atoms with van der Waals surface area (Å²) in [5, 5.41) is 10.5. The van der Waals surface area contributed by atoms with Gasteiger partial charge in [0.2, 0.25) is 5.82 Å². The van der Waals surface area contributed by atoms with Gasteiger partial charge >= 0.3 is 11.7 Å². The zero-order valence-electron chi connectivity index (χ0n) is 9.90. The molecular formula is C12H11F2NO4. The lowest BCUT2D eigenvalue weighted by molar-refractivity contribution is -0.387. The minimum absolute atomic E-state index is 0.104. The summed E-state index contributed by atoms with van der Waals surface area (Å²) in [4.78, 5) is 21.0. The molecule has 102 valence electrons. The standard InChI is InChI=1S/C12H11F2NO4/c13-8-5-9(11(14)10(6-8)15(17)18)12(16)19-4-3-7-1-2-7/h5-7H,1-4H2. The molecule has 0 radical (unpaired) electrons. The third kappa shape index (κ3) is 3.24. The van der Waals surface area contributed by atoms with E-state index in [1.54, 1.807) is 0 Å². The van der Waals surface area contributed by atoms with E-state index in [0.29, 0.717) is 24.5 Å². The number of nitro benzene ring substituents is 1. The van der Waals surface area contributed by atoms with Crippen molar-refractivity contribution in [3.63, 3.8) is 0 Å². The Bertz CT molecular complexity index is 529. The summed E-state index contributed by atoms with van der Waals surface area (Å²) in [7, 11) is 0. The maximum Gasteiger partial charge on any atom is 0.341 e. The smallest absolute Gasteiger partial charge is 0.341 e. The molecule has 0 saturated heterocycles. The number of hydrogen-bond donors (Lipinski definition) is 0. The van der Waals surface area contributed by atoms with Gasteiger partial charge in [0.05, 0.1) is 17.6 Å². The van der Waals surface area contributed by atoms with Crippen LogP contribution in [0, 0.1) is 27.7 Å². The SMILES string of the molecule is O=C(OCCC1CC1)c1cc(F)cc([N+](=O)[O-])c1F. The first-order valence-electron chi connectivity index (χ1n) is 5.79. The summed E-state index contributed by atoms with van der Waals surface area (Å²) < 4.78 is 31.5. The fraction of sp³-hybridized carbons (Fsp3) is 0.417. The molecule has 1 aromatic carbocycles. The molecule has 0 aromatic heterocycles. The van der Waals surface area contributed by atoms with Crippen molar-refractivity contribution in [1.29, 1.82) is 0 Å². The van der Waals surface area contributed by atoms with Gasteiger partial charge in [-0.2, -0.15) is 4.39 Å². The Morgan fingerprint density at radius 1 is 1.42 bits per heavy atom. The molecule has 2 rings (SSSR count). The lowest BCUT2D eigenvalue weighted by Gasteiger charge is -2.05. The van der Waals surface area contributed by atoms with Crippen molar-refractivity contribution in [3.05, 3.63) is 39.4 Å². The van der Waals surface area contributed by atoms with Gasteiger partial charge in [0.15, 0.2) is 0 Å². The summed E-state index contributed by atoms with van der Waals surface area (Å²) in [6, 6.07) is 1.03. The monoisotopic (exact) mass is 271 g/mol. The Balaban J connectivity index is 2.12. The van der Waals surface area contributed by atoms with Gasteiger partial charge in [-0.15, -0.1) is 0 Å². The molecule has 19 heavy (non-hydrogen) atoms. The average Bonchev–Trinajstić information content (AvgIpc) is 3.15. The predicted molar refractivity (Wildman–Crippen MR) is 60.6 cm³/mol. The fourth-order valence-electron chi connectivity index (χ4n) is 1.66. The summed E-state index contributed by atoms with van der Waals surface area (Å²) in [6.07, 6.45) is 2.83. The van der Waals surface area contributed by atoms with Crippen LogP contribution in [0.1, 0.15) is 29.6 Å². The fourth-order valence-corrected chi connectivity index (χ4v) is 1.66. The average molecular weight is 271 g/mol. The molecular weight excluding hydrogens is 260 g/mol. The number of carbonyl (C=O) groups excluding carboxylic acids is 1. The van der Waals surface area contributed by atoms with E-state index in [-0.39, 0.29) is 6.61 Å². The van der Waals surface area contributed by atoms with Gasteiger partial charge in [-0.1, -0.05) is 12.8 Å². The highest BCUT2D eigenvalue weighted by molar-refractivity contribution is 5.90. The quantitative estimate of drug-likeness (QED) is 0.469. The van der Waals surface area contributed by atoms with Crippen molar-refractivity contribution >= 4 is 11.7 Å². The Morgan fingerprint density at radius 3 is 2.68 bits per heavy atom. The summed E-state index contributed by atoms with van der Waals surface area (Å²) >= 11 is 0. The molecule has 0 atom stereocenters. The molecule has 1 aliphatic rings. The largest absolute Gasteiger partial charge is 0.462 e. The van der Waals surface area contributed by atoms with E-state index in [1.807, 2.05) is 0 Å². The second kappa shape index (κ2) is 5.29. The molecule has 0 aliphatic heterocycles. The van der Waals surface area contributed by atoms with Crippen LogP contribution in [-0.4, -0.2) is 17.5 Å². The van der Waals surface area contributed by atoms with Crippen molar-refractivity contribution in [2.24, 2.45) is 5.92 Å². The van der Waals surface area contributed by atoms with Gasteiger partial charge in [0.25, 0.3) is 0 Å². The van der Waals surface area contributed by atoms with Gasteiger partial charge in [-0.05, 0) is 18.4 Å². The van der Waals surface area contributed by atoms with E-state index in [2.05, 4.69) is 0 Å².